The molecule has 0 unspecified atom stereocenters. The average molecular weight is 316 g/mol. The van der Waals surface area contributed by atoms with Gasteiger partial charge in [-0.2, -0.15) is 0 Å². The Morgan fingerprint density at radius 3 is 2.59 bits per heavy atom. The maximum Gasteiger partial charge on any atom is 0.0331 e. The topological polar surface area (TPSA) is 3.24 Å². The third-order valence-electron chi connectivity index (χ3n) is 3.64. The predicted molar refractivity (Wildman–Crippen MR) is 80.2 cm³/mol. The summed E-state index contributed by atoms with van der Waals surface area (Å²) in [6.07, 6.45) is 6.83. The van der Waals surface area contributed by atoms with Gasteiger partial charge in [-0.3, -0.25) is 4.90 Å². The number of nitrogens with zero attached hydrogens (tertiary/aromatic N) is 1. The Hall–Kier alpha value is 0.140. The number of halogens is 1. The molecular formula is C14H22BrNS. The first-order valence-corrected chi connectivity index (χ1v) is 8.65. The molecule has 1 aliphatic rings. The van der Waals surface area contributed by atoms with E-state index < -0.39 is 0 Å². The van der Waals surface area contributed by atoms with Crippen LogP contribution in [0.2, 0.25) is 0 Å². The zero-order chi connectivity index (χ0) is 12.1. The minimum absolute atomic E-state index is 0.833. The van der Waals surface area contributed by atoms with E-state index in [-0.39, 0.29) is 0 Å². The number of hydrogen-bond acceptors (Lipinski definition) is 2. The minimum atomic E-state index is 0.833. The largest absolute Gasteiger partial charge is 0.294 e. The first-order valence-electron chi connectivity index (χ1n) is 6.71. The highest BCUT2D eigenvalue weighted by atomic mass is 79.9. The van der Waals surface area contributed by atoms with Crippen molar-refractivity contribution in [2.45, 2.75) is 51.6 Å². The number of rotatable bonds is 6. The van der Waals surface area contributed by atoms with Gasteiger partial charge >= 0.3 is 0 Å². The SMILES string of the molecule is CCc1ccc(CN(CCBr)C2CCCC2)s1. The van der Waals surface area contributed by atoms with Crippen LogP contribution in [0.5, 0.6) is 0 Å². The zero-order valence-electron chi connectivity index (χ0n) is 10.6. The molecule has 1 fully saturated rings. The Morgan fingerprint density at radius 1 is 1.29 bits per heavy atom. The van der Waals surface area contributed by atoms with E-state index in [0.717, 1.165) is 17.9 Å². The number of hydrogen-bond donors (Lipinski definition) is 0. The summed E-state index contributed by atoms with van der Waals surface area (Å²) in [5.74, 6) is 0. The molecule has 1 aliphatic carbocycles. The van der Waals surface area contributed by atoms with Crippen LogP contribution in [0.4, 0.5) is 0 Å². The fourth-order valence-electron chi connectivity index (χ4n) is 2.67. The van der Waals surface area contributed by atoms with E-state index in [1.165, 1.54) is 48.4 Å². The van der Waals surface area contributed by atoms with Crippen molar-refractivity contribution in [2.24, 2.45) is 0 Å². The summed E-state index contributed by atoms with van der Waals surface area (Å²) in [5.41, 5.74) is 0. The maximum absolute atomic E-state index is 3.59. The Kier molecular flexibility index (Phi) is 5.51. The summed E-state index contributed by atoms with van der Waals surface area (Å²) >= 11 is 5.58. The summed E-state index contributed by atoms with van der Waals surface area (Å²) in [6.45, 7) is 4.58. The molecule has 1 aromatic rings. The Labute approximate surface area is 117 Å². The lowest BCUT2D eigenvalue weighted by Crippen LogP contribution is -2.34. The second kappa shape index (κ2) is 6.91. The van der Waals surface area contributed by atoms with Crippen LogP contribution in [0.3, 0.4) is 0 Å². The lowest BCUT2D eigenvalue weighted by Gasteiger charge is -2.27. The van der Waals surface area contributed by atoms with Crippen LogP contribution < -0.4 is 0 Å². The van der Waals surface area contributed by atoms with Gasteiger partial charge in [-0.15, -0.1) is 11.3 Å². The fourth-order valence-corrected chi connectivity index (χ4v) is 4.11. The van der Waals surface area contributed by atoms with Gasteiger partial charge in [0.2, 0.25) is 0 Å². The standard InChI is InChI=1S/C14H22BrNS/c1-2-13-7-8-14(17-13)11-16(10-9-15)12-5-3-4-6-12/h7-8,12H,2-6,9-11H2,1H3. The molecule has 0 bridgehead atoms. The first-order chi connectivity index (χ1) is 8.33. The highest BCUT2D eigenvalue weighted by Crippen LogP contribution is 2.27. The van der Waals surface area contributed by atoms with Gasteiger partial charge in [0.1, 0.15) is 0 Å². The van der Waals surface area contributed by atoms with E-state index in [1.807, 2.05) is 11.3 Å². The molecule has 0 N–H and O–H groups in total. The molecule has 0 spiro atoms. The summed E-state index contributed by atoms with van der Waals surface area (Å²) in [4.78, 5) is 5.73. The molecule has 0 amide bonds. The number of thiophene rings is 1. The summed E-state index contributed by atoms with van der Waals surface area (Å²) in [6, 6.07) is 5.44. The van der Waals surface area contributed by atoms with Crippen molar-refractivity contribution in [3.63, 3.8) is 0 Å². The molecule has 1 nitrogen and oxygen atoms in total. The molecule has 0 aromatic carbocycles. The van der Waals surface area contributed by atoms with Crippen molar-refractivity contribution in [1.82, 2.24) is 4.90 Å². The Morgan fingerprint density at radius 2 is 2.00 bits per heavy atom. The summed E-state index contributed by atoms with van der Waals surface area (Å²) in [5, 5.41) is 1.09. The van der Waals surface area contributed by atoms with E-state index in [9.17, 15) is 0 Å². The highest BCUT2D eigenvalue weighted by Gasteiger charge is 2.22. The van der Waals surface area contributed by atoms with Crippen LogP contribution in [0, 0.1) is 0 Å². The molecule has 17 heavy (non-hydrogen) atoms. The van der Waals surface area contributed by atoms with Crippen LogP contribution in [-0.4, -0.2) is 22.8 Å². The van der Waals surface area contributed by atoms with Gasteiger partial charge in [-0.25, -0.2) is 0 Å². The van der Waals surface area contributed by atoms with Gasteiger partial charge in [0, 0.05) is 34.2 Å². The predicted octanol–water partition coefficient (Wildman–Crippen LogP) is 4.45. The zero-order valence-corrected chi connectivity index (χ0v) is 13.0. The average Bonchev–Trinajstić information content (AvgIpc) is 2.99. The summed E-state index contributed by atoms with van der Waals surface area (Å²) < 4.78 is 0. The molecule has 1 aromatic heterocycles. The van der Waals surface area contributed by atoms with Gasteiger partial charge in [0.15, 0.2) is 0 Å². The molecular weight excluding hydrogens is 294 g/mol. The van der Waals surface area contributed by atoms with E-state index in [2.05, 4.69) is 39.9 Å². The molecule has 0 atom stereocenters. The third-order valence-corrected chi connectivity index (χ3v) is 5.21. The monoisotopic (exact) mass is 315 g/mol. The highest BCUT2D eigenvalue weighted by molar-refractivity contribution is 9.09. The van der Waals surface area contributed by atoms with Crippen molar-refractivity contribution in [2.75, 3.05) is 11.9 Å². The minimum Gasteiger partial charge on any atom is -0.294 e. The summed E-state index contributed by atoms with van der Waals surface area (Å²) in [7, 11) is 0. The quantitative estimate of drug-likeness (QED) is 0.701. The molecule has 1 saturated carbocycles. The fraction of sp³-hybridized carbons (Fsp3) is 0.714. The van der Waals surface area contributed by atoms with E-state index in [0.29, 0.717) is 0 Å². The van der Waals surface area contributed by atoms with Crippen molar-refractivity contribution < 1.29 is 0 Å². The molecule has 0 aliphatic heterocycles. The van der Waals surface area contributed by atoms with Crippen LogP contribution in [0.15, 0.2) is 12.1 Å². The second-order valence-corrected chi connectivity index (χ2v) is 6.87. The van der Waals surface area contributed by atoms with E-state index in [4.69, 9.17) is 0 Å². The third kappa shape index (κ3) is 3.80. The molecule has 0 saturated heterocycles. The number of aryl methyl sites for hydroxylation is 1. The van der Waals surface area contributed by atoms with E-state index in [1.54, 1.807) is 0 Å². The second-order valence-electron chi connectivity index (χ2n) is 4.82. The molecule has 96 valence electrons. The molecule has 1 heterocycles. The smallest absolute Gasteiger partial charge is 0.0331 e. The van der Waals surface area contributed by atoms with Gasteiger partial charge in [-0.05, 0) is 31.4 Å². The van der Waals surface area contributed by atoms with Crippen molar-refractivity contribution >= 4 is 27.3 Å². The molecule has 0 radical (unpaired) electrons. The van der Waals surface area contributed by atoms with Crippen molar-refractivity contribution in [1.29, 1.82) is 0 Å². The molecule has 2 rings (SSSR count). The first kappa shape index (κ1) is 13.6. The van der Waals surface area contributed by atoms with Crippen LogP contribution in [-0.2, 0) is 13.0 Å². The Balaban J connectivity index is 1.96. The van der Waals surface area contributed by atoms with Crippen LogP contribution >= 0.6 is 27.3 Å². The lowest BCUT2D eigenvalue weighted by molar-refractivity contribution is 0.204. The van der Waals surface area contributed by atoms with Gasteiger partial charge in [0.25, 0.3) is 0 Å². The van der Waals surface area contributed by atoms with Gasteiger partial charge in [0.05, 0.1) is 0 Å². The molecule has 3 heteroatoms. The van der Waals surface area contributed by atoms with Crippen LogP contribution in [0.1, 0.15) is 42.4 Å². The number of alkyl halides is 1. The van der Waals surface area contributed by atoms with Crippen molar-refractivity contribution in [3.05, 3.63) is 21.9 Å². The normalized spacial score (nSPS) is 17.1. The van der Waals surface area contributed by atoms with Gasteiger partial charge in [-0.1, -0.05) is 35.7 Å². The maximum atomic E-state index is 3.59. The van der Waals surface area contributed by atoms with Gasteiger partial charge < -0.3 is 0 Å². The Bertz CT molecular complexity index is 331. The van der Waals surface area contributed by atoms with Crippen LogP contribution in [0.25, 0.3) is 0 Å². The lowest BCUT2D eigenvalue weighted by atomic mass is 10.2. The van der Waals surface area contributed by atoms with Crippen molar-refractivity contribution in [3.8, 4) is 0 Å². The van der Waals surface area contributed by atoms with E-state index >= 15 is 0 Å².